The number of hydrogen-bond donors (Lipinski definition) is 2. The van der Waals surface area contributed by atoms with E-state index >= 15 is 0 Å². The van der Waals surface area contributed by atoms with Crippen molar-refractivity contribution < 1.29 is 0 Å². The van der Waals surface area contributed by atoms with Crippen LogP contribution >= 0.6 is 12.2 Å². The van der Waals surface area contributed by atoms with Gasteiger partial charge in [-0.05, 0) is 42.0 Å². The summed E-state index contributed by atoms with van der Waals surface area (Å²) < 4.78 is 0. The molecular formula is C17H15N3S. The van der Waals surface area contributed by atoms with Crippen LogP contribution in [0.5, 0.6) is 0 Å². The van der Waals surface area contributed by atoms with Crippen LogP contribution in [0.2, 0.25) is 0 Å². The molecule has 0 atom stereocenters. The minimum atomic E-state index is 0.613. The molecule has 0 radical (unpaired) electrons. The molecule has 2 N–H and O–H groups in total. The van der Waals surface area contributed by atoms with E-state index in [4.69, 9.17) is 12.2 Å². The monoisotopic (exact) mass is 293 g/mol. The number of benzene rings is 2. The Balaban J connectivity index is 1.63. The van der Waals surface area contributed by atoms with Crippen LogP contribution in [0.1, 0.15) is 5.56 Å². The fourth-order valence-corrected chi connectivity index (χ4v) is 2.30. The van der Waals surface area contributed by atoms with E-state index < -0.39 is 0 Å². The maximum absolute atomic E-state index is 5.32. The van der Waals surface area contributed by atoms with Crippen molar-refractivity contribution in [3.63, 3.8) is 0 Å². The van der Waals surface area contributed by atoms with Gasteiger partial charge in [0.2, 0.25) is 0 Å². The van der Waals surface area contributed by atoms with Crippen molar-refractivity contribution in [1.29, 1.82) is 0 Å². The van der Waals surface area contributed by atoms with Crippen LogP contribution in [0.3, 0.4) is 0 Å². The average Bonchev–Trinajstić information content (AvgIpc) is 2.54. The maximum Gasteiger partial charge on any atom is 0.171 e. The number of pyridine rings is 1. The van der Waals surface area contributed by atoms with Gasteiger partial charge in [0.05, 0.1) is 5.52 Å². The highest BCUT2D eigenvalue weighted by atomic mass is 32.1. The van der Waals surface area contributed by atoms with E-state index in [0.717, 1.165) is 16.6 Å². The first-order chi connectivity index (χ1) is 10.3. The molecular weight excluding hydrogens is 278 g/mol. The third-order valence-electron chi connectivity index (χ3n) is 3.16. The molecule has 0 aliphatic heterocycles. The van der Waals surface area contributed by atoms with Crippen LogP contribution in [0.4, 0.5) is 5.69 Å². The molecule has 1 aromatic heterocycles. The van der Waals surface area contributed by atoms with Crippen molar-refractivity contribution in [3.05, 3.63) is 72.4 Å². The van der Waals surface area contributed by atoms with E-state index in [9.17, 15) is 0 Å². The molecule has 0 saturated carbocycles. The van der Waals surface area contributed by atoms with E-state index in [0.29, 0.717) is 11.7 Å². The lowest BCUT2D eigenvalue weighted by Crippen LogP contribution is -2.27. The van der Waals surface area contributed by atoms with Crippen LogP contribution in [-0.2, 0) is 6.54 Å². The number of aromatic nitrogens is 1. The average molecular weight is 293 g/mol. The summed E-state index contributed by atoms with van der Waals surface area (Å²) in [4.78, 5) is 4.30. The summed E-state index contributed by atoms with van der Waals surface area (Å²) in [6.07, 6.45) is 1.79. The molecule has 0 aliphatic carbocycles. The molecule has 3 nitrogen and oxygen atoms in total. The van der Waals surface area contributed by atoms with Crippen LogP contribution in [0.15, 0.2) is 66.9 Å². The zero-order valence-electron chi connectivity index (χ0n) is 11.4. The summed E-state index contributed by atoms with van der Waals surface area (Å²) in [5.41, 5.74) is 3.14. The Labute approximate surface area is 129 Å². The van der Waals surface area contributed by atoms with E-state index in [1.54, 1.807) is 6.20 Å². The fourth-order valence-electron chi connectivity index (χ4n) is 2.11. The fraction of sp³-hybridized carbons (Fsp3) is 0.0588. The van der Waals surface area contributed by atoms with Crippen LogP contribution < -0.4 is 10.6 Å². The molecule has 104 valence electrons. The van der Waals surface area contributed by atoms with Gasteiger partial charge in [-0.2, -0.15) is 0 Å². The molecule has 4 heteroatoms. The zero-order chi connectivity index (χ0) is 14.5. The predicted octanol–water partition coefficient (Wildman–Crippen LogP) is 3.72. The molecule has 1 heterocycles. The summed E-state index contributed by atoms with van der Waals surface area (Å²) in [7, 11) is 0. The van der Waals surface area contributed by atoms with Crippen molar-refractivity contribution >= 4 is 33.9 Å². The SMILES string of the molecule is S=C(NCc1ccccc1)Nc1ccc2ncccc2c1. The van der Waals surface area contributed by atoms with Gasteiger partial charge in [0, 0.05) is 23.8 Å². The smallest absolute Gasteiger partial charge is 0.171 e. The number of rotatable bonds is 3. The molecule has 2 aromatic carbocycles. The number of nitrogens with zero attached hydrogens (tertiary/aromatic N) is 1. The van der Waals surface area contributed by atoms with Crippen LogP contribution in [0, 0.1) is 0 Å². The highest BCUT2D eigenvalue weighted by molar-refractivity contribution is 7.80. The number of fused-ring (bicyclic) bond motifs is 1. The van der Waals surface area contributed by atoms with Gasteiger partial charge in [0.25, 0.3) is 0 Å². The highest BCUT2D eigenvalue weighted by Crippen LogP contribution is 2.16. The van der Waals surface area contributed by atoms with Gasteiger partial charge in [-0.25, -0.2) is 0 Å². The summed E-state index contributed by atoms with van der Waals surface area (Å²) in [6, 6.07) is 20.1. The molecule has 0 aliphatic rings. The first-order valence-corrected chi connectivity index (χ1v) is 7.16. The number of thiocarbonyl (C=S) groups is 1. The lowest BCUT2D eigenvalue weighted by atomic mass is 10.2. The molecule has 21 heavy (non-hydrogen) atoms. The van der Waals surface area contributed by atoms with E-state index in [-0.39, 0.29) is 0 Å². The Morgan fingerprint density at radius 1 is 1.00 bits per heavy atom. The normalized spacial score (nSPS) is 10.3. The second kappa shape index (κ2) is 6.33. The highest BCUT2D eigenvalue weighted by Gasteiger charge is 2.00. The van der Waals surface area contributed by atoms with Crippen molar-refractivity contribution in [2.45, 2.75) is 6.54 Å². The quantitative estimate of drug-likeness (QED) is 0.722. The minimum absolute atomic E-state index is 0.613. The van der Waals surface area contributed by atoms with Gasteiger partial charge in [-0.3, -0.25) is 4.98 Å². The van der Waals surface area contributed by atoms with E-state index in [2.05, 4.69) is 27.8 Å². The second-order valence-electron chi connectivity index (χ2n) is 4.70. The number of hydrogen-bond acceptors (Lipinski definition) is 2. The Morgan fingerprint density at radius 2 is 1.86 bits per heavy atom. The van der Waals surface area contributed by atoms with Gasteiger partial charge in [-0.1, -0.05) is 36.4 Å². The second-order valence-corrected chi connectivity index (χ2v) is 5.11. The summed E-state index contributed by atoms with van der Waals surface area (Å²) in [5.74, 6) is 0. The zero-order valence-corrected chi connectivity index (χ0v) is 12.2. The van der Waals surface area contributed by atoms with Gasteiger partial charge in [-0.15, -0.1) is 0 Å². The molecule has 3 rings (SSSR count). The number of nitrogens with one attached hydrogen (secondary N) is 2. The summed E-state index contributed by atoms with van der Waals surface area (Å²) >= 11 is 5.32. The van der Waals surface area contributed by atoms with Crippen LogP contribution in [0.25, 0.3) is 10.9 Å². The third-order valence-corrected chi connectivity index (χ3v) is 3.40. The predicted molar refractivity (Wildman–Crippen MR) is 91.2 cm³/mol. The first kappa shape index (κ1) is 13.5. The first-order valence-electron chi connectivity index (χ1n) is 6.75. The molecule has 0 unspecified atom stereocenters. The van der Waals surface area contributed by atoms with Gasteiger partial charge >= 0.3 is 0 Å². The summed E-state index contributed by atoms with van der Waals surface area (Å²) in [5, 5.41) is 8.10. The van der Waals surface area contributed by atoms with Crippen molar-refractivity contribution in [1.82, 2.24) is 10.3 Å². The van der Waals surface area contributed by atoms with Gasteiger partial charge in [0.15, 0.2) is 5.11 Å². The van der Waals surface area contributed by atoms with Crippen molar-refractivity contribution in [2.75, 3.05) is 5.32 Å². The Bertz CT molecular complexity index is 756. The van der Waals surface area contributed by atoms with E-state index in [1.165, 1.54) is 5.56 Å². The minimum Gasteiger partial charge on any atom is -0.358 e. The third kappa shape index (κ3) is 3.55. The standard InChI is InChI=1S/C17H15N3S/c21-17(19-12-13-5-2-1-3-6-13)20-15-8-9-16-14(11-15)7-4-10-18-16/h1-11H,12H2,(H2,19,20,21). The largest absolute Gasteiger partial charge is 0.358 e. The molecule has 0 saturated heterocycles. The summed E-state index contributed by atoms with van der Waals surface area (Å²) in [6.45, 7) is 0.710. The Morgan fingerprint density at radius 3 is 2.71 bits per heavy atom. The van der Waals surface area contributed by atoms with Crippen LogP contribution in [-0.4, -0.2) is 10.1 Å². The molecule has 0 amide bonds. The lowest BCUT2D eigenvalue weighted by molar-refractivity contribution is 0.926. The molecule has 3 aromatic rings. The molecule has 0 spiro atoms. The molecule has 0 bridgehead atoms. The van der Waals surface area contributed by atoms with Crippen molar-refractivity contribution in [3.8, 4) is 0 Å². The Kier molecular flexibility index (Phi) is 4.07. The van der Waals surface area contributed by atoms with Crippen molar-refractivity contribution in [2.24, 2.45) is 0 Å². The Hall–Kier alpha value is -2.46. The topological polar surface area (TPSA) is 37.0 Å². The van der Waals surface area contributed by atoms with Gasteiger partial charge < -0.3 is 10.6 Å². The maximum atomic E-state index is 5.32. The molecule has 0 fully saturated rings. The lowest BCUT2D eigenvalue weighted by Gasteiger charge is -2.11. The van der Waals surface area contributed by atoms with E-state index in [1.807, 2.05) is 48.5 Å². The number of anilines is 1. The van der Waals surface area contributed by atoms with Gasteiger partial charge in [0.1, 0.15) is 0 Å².